The Morgan fingerprint density at radius 3 is 1.64 bits per heavy atom. The second-order valence-electron chi connectivity index (χ2n) is 15.0. The molecule has 0 aromatic heterocycles. The van der Waals surface area contributed by atoms with Crippen molar-refractivity contribution in [2.24, 2.45) is 0 Å². The number of esters is 1. The molecule has 0 heterocycles. The number of unbranched alkanes of at least 4 members (excludes halogenated alkanes) is 14. The molecular weight excluding hydrogens is 685 g/mol. The van der Waals surface area contributed by atoms with Gasteiger partial charge in [-0.05, 0) is 57.8 Å². The lowest BCUT2D eigenvalue weighted by Crippen LogP contribution is -2.37. The Hall–Kier alpha value is -1.80. The van der Waals surface area contributed by atoms with Crippen molar-refractivity contribution in [1.29, 1.82) is 0 Å². The van der Waals surface area contributed by atoms with Crippen LogP contribution in [-0.2, 0) is 27.9 Å². The monoisotopic (exact) mass is 766 g/mol. The second kappa shape index (κ2) is 37.1. The molecule has 0 N–H and O–H groups in total. The third-order valence-electron chi connectivity index (χ3n) is 8.58. The summed E-state index contributed by atoms with van der Waals surface area (Å²) in [5.74, 6) is -0.347. The Kier molecular flexibility index (Phi) is 35.9. The van der Waals surface area contributed by atoms with Gasteiger partial charge in [0.2, 0.25) is 0 Å². The maximum Gasteiger partial charge on any atom is 0.306 e. The first-order valence-corrected chi connectivity index (χ1v) is 22.5. The van der Waals surface area contributed by atoms with Crippen molar-refractivity contribution in [2.75, 3.05) is 54.1 Å². The fourth-order valence-electron chi connectivity index (χ4n) is 5.34. The molecule has 53 heavy (non-hydrogen) atoms. The van der Waals surface area contributed by atoms with Crippen LogP contribution in [0.3, 0.4) is 0 Å². The number of allylic oxidation sites excluding steroid dienone is 10. The Bertz CT molecular complexity index is 1030. The van der Waals surface area contributed by atoms with Gasteiger partial charge in [-0.25, -0.2) is 0 Å². The predicted molar refractivity (Wildman–Crippen MR) is 222 cm³/mol. The third kappa shape index (κ3) is 41.2. The molecule has 0 rings (SSSR count). The van der Waals surface area contributed by atoms with Crippen LogP contribution in [0.1, 0.15) is 155 Å². The zero-order valence-corrected chi connectivity index (χ0v) is 35.6. The standard InChI is InChI=1S/C44H80NO7P/c1-6-8-10-12-14-16-18-19-20-21-22-23-24-25-26-28-30-32-34-36-39-49-41-43(42-51-53(47,48)50-40-38-45(3,4)5)52-44(46)37-35-33-31-29-27-17-15-13-11-9-7-2/h8,10,14,16,19-20,22-23,25-26,43H,6-7,9,11-13,15,17-18,21,24,27-42H2,1-5H3/b10-8-,16-14-,20-19-,23-22-,26-25-. The van der Waals surface area contributed by atoms with Crippen LogP contribution >= 0.6 is 7.82 Å². The van der Waals surface area contributed by atoms with Gasteiger partial charge in [-0.2, -0.15) is 0 Å². The lowest BCUT2D eigenvalue weighted by Gasteiger charge is -2.28. The van der Waals surface area contributed by atoms with Crippen LogP contribution in [-0.4, -0.2) is 70.7 Å². The predicted octanol–water partition coefficient (Wildman–Crippen LogP) is 11.5. The van der Waals surface area contributed by atoms with Gasteiger partial charge in [-0.1, -0.05) is 152 Å². The smallest absolute Gasteiger partial charge is 0.306 e. The molecule has 0 amide bonds. The number of ether oxygens (including phenoxy) is 2. The summed E-state index contributed by atoms with van der Waals surface area (Å²) in [5, 5.41) is 0. The Morgan fingerprint density at radius 2 is 1.09 bits per heavy atom. The van der Waals surface area contributed by atoms with Gasteiger partial charge in [0, 0.05) is 13.0 Å². The number of nitrogens with zero attached hydrogens (tertiary/aromatic N) is 1. The van der Waals surface area contributed by atoms with Crippen molar-refractivity contribution in [3.63, 3.8) is 0 Å². The number of hydrogen-bond acceptors (Lipinski definition) is 7. The van der Waals surface area contributed by atoms with E-state index >= 15 is 0 Å². The molecule has 0 radical (unpaired) electrons. The van der Waals surface area contributed by atoms with Crippen LogP contribution in [0.25, 0.3) is 0 Å². The molecule has 0 spiro atoms. The third-order valence-corrected chi connectivity index (χ3v) is 9.55. The lowest BCUT2D eigenvalue weighted by atomic mass is 10.1. The minimum atomic E-state index is -4.53. The zero-order chi connectivity index (χ0) is 39.1. The second-order valence-corrected chi connectivity index (χ2v) is 16.4. The van der Waals surface area contributed by atoms with Crippen molar-refractivity contribution in [3.05, 3.63) is 60.8 Å². The highest BCUT2D eigenvalue weighted by Crippen LogP contribution is 2.38. The van der Waals surface area contributed by atoms with Gasteiger partial charge in [0.15, 0.2) is 0 Å². The molecule has 0 aliphatic rings. The number of quaternary nitrogens is 1. The average molecular weight is 766 g/mol. The lowest BCUT2D eigenvalue weighted by molar-refractivity contribution is -0.870. The van der Waals surface area contributed by atoms with Gasteiger partial charge in [0.25, 0.3) is 7.82 Å². The van der Waals surface area contributed by atoms with Gasteiger partial charge in [-0.3, -0.25) is 9.36 Å². The fourth-order valence-corrected chi connectivity index (χ4v) is 6.06. The summed E-state index contributed by atoms with van der Waals surface area (Å²) in [6.45, 7) is 5.21. The van der Waals surface area contributed by atoms with Crippen molar-refractivity contribution < 1.29 is 37.3 Å². The number of rotatable bonds is 38. The van der Waals surface area contributed by atoms with Crippen molar-refractivity contribution in [3.8, 4) is 0 Å². The average Bonchev–Trinajstić information content (AvgIpc) is 3.11. The first-order valence-electron chi connectivity index (χ1n) is 21.0. The maximum absolute atomic E-state index is 12.6. The van der Waals surface area contributed by atoms with E-state index in [-0.39, 0.29) is 25.8 Å². The van der Waals surface area contributed by atoms with Crippen LogP contribution in [0.15, 0.2) is 60.8 Å². The van der Waals surface area contributed by atoms with E-state index in [2.05, 4.69) is 74.6 Å². The van der Waals surface area contributed by atoms with E-state index in [4.69, 9.17) is 18.5 Å². The van der Waals surface area contributed by atoms with Gasteiger partial charge >= 0.3 is 5.97 Å². The summed E-state index contributed by atoms with van der Waals surface area (Å²) < 4.78 is 34.5. The number of hydrogen-bond donors (Lipinski definition) is 0. The highest BCUT2D eigenvalue weighted by Gasteiger charge is 2.20. The summed E-state index contributed by atoms with van der Waals surface area (Å²) in [5.41, 5.74) is 0. The van der Waals surface area contributed by atoms with Gasteiger partial charge in [0.05, 0.1) is 34.4 Å². The first-order chi connectivity index (χ1) is 25.6. The van der Waals surface area contributed by atoms with Crippen LogP contribution in [0.4, 0.5) is 0 Å². The molecular formula is C44H80NO7P. The van der Waals surface area contributed by atoms with Gasteiger partial charge < -0.3 is 27.9 Å². The molecule has 0 aliphatic carbocycles. The summed E-state index contributed by atoms with van der Waals surface area (Å²) in [6, 6.07) is 0. The Balaban J connectivity index is 4.29. The van der Waals surface area contributed by atoms with Gasteiger partial charge in [0.1, 0.15) is 19.3 Å². The Labute approximate surface area is 326 Å². The summed E-state index contributed by atoms with van der Waals surface area (Å²) in [6.07, 6.45) is 45.2. The summed E-state index contributed by atoms with van der Waals surface area (Å²) >= 11 is 0. The molecule has 0 aromatic rings. The van der Waals surface area contributed by atoms with Gasteiger partial charge in [-0.15, -0.1) is 0 Å². The largest absolute Gasteiger partial charge is 0.756 e. The Morgan fingerprint density at radius 1 is 0.604 bits per heavy atom. The highest BCUT2D eigenvalue weighted by atomic mass is 31.2. The molecule has 308 valence electrons. The number of carbonyl (C=O) groups excluding carboxylic acids is 1. The van der Waals surface area contributed by atoms with Crippen LogP contribution < -0.4 is 4.89 Å². The molecule has 0 saturated carbocycles. The van der Waals surface area contributed by atoms with E-state index in [9.17, 15) is 14.3 Å². The van der Waals surface area contributed by atoms with E-state index < -0.39 is 13.9 Å². The van der Waals surface area contributed by atoms with E-state index in [0.717, 1.165) is 83.5 Å². The minimum absolute atomic E-state index is 0.0190. The molecule has 2 unspecified atom stereocenters. The number of carbonyl (C=O) groups is 1. The maximum atomic E-state index is 12.6. The number of likely N-dealkylation sites (N-methyl/N-ethyl adjacent to an activating group) is 1. The number of phosphoric ester groups is 1. The SMILES string of the molecule is CC/C=C\C/C=C\C/C=C\C/C=C\C/C=C\CCCCCCOCC(COP(=O)([O-])OCC[N+](C)(C)C)OC(=O)CCCCCCCCCCCCC. The summed E-state index contributed by atoms with van der Waals surface area (Å²) in [4.78, 5) is 25.0. The molecule has 0 saturated heterocycles. The summed E-state index contributed by atoms with van der Waals surface area (Å²) in [7, 11) is 1.33. The van der Waals surface area contributed by atoms with E-state index in [1.807, 2.05) is 21.1 Å². The van der Waals surface area contributed by atoms with Crippen molar-refractivity contribution in [2.45, 2.75) is 161 Å². The van der Waals surface area contributed by atoms with E-state index in [1.54, 1.807) is 0 Å². The zero-order valence-electron chi connectivity index (χ0n) is 34.7. The topological polar surface area (TPSA) is 94.1 Å². The van der Waals surface area contributed by atoms with E-state index in [1.165, 1.54) is 51.4 Å². The van der Waals surface area contributed by atoms with Crippen LogP contribution in [0, 0.1) is 0 Å². The number of phosphoric acid groups is 1. The first kappa shape index (κ1) is 51.2. The molecule has 0 aliphatic heterocycles. The van der Waals surface area contributed by atoms with E-state index in [0.29, 0.717) is 24.1 Å². The van der Waals surface area contributed by atoms with Crippen LogP contribution in [0.5, 0.6) is 0 Å². The van der Waals surface area contributed by atoms with Crippen LogP contribution in [0.2, 0.25) is 0 Å². The minimum Gasteiger partial charge on any atom is -0.756 e. The molecule has 0 aromatic carbocycles. The molecule has 0 fully saturated rings. The quantitative estimate of drug-likeness (QED) is 0.0203. The molecule has 8 nitrogen and oxygen atoms in total. The molecule has 2 atom stereocenters. The normalized spacial score (nSPS) is 14.5. The fraction of sp³-hybridized carbons (Fsp3) is 0.750. The highest BCUT2D eigenvalue weighted by molar-refractivity contribution is 7.45. The molecule has 9 heteroatoms. The molecule has 0 bridgehead atoms. The van der Waals surface area contributed by atoms with Crippen molar-refractivity contribution >= 4 is 13.8 Å². The van der Waals surface area contributed by atoms with Crippen molar-refractivity contribution in [1.82, 2.24) is 0 Å².